The molecule has 5 heteroatoms. The van der Waals surface area contributed by atoms with Crippen LogP contribution in [0.4, 0.5) is 0 Å². The van der Waals surface area contributed by atoms with Gasteiger partial charge < -0.3 is 9.15 Å². The number of benzene rings is 1. The summed E-state index contributed by atoms with van der Waals surface area (Å²) in [5.74, 6) is -0.200. The molecule has 1 aromatic heterocycles. The van der Waals surface area contributed by atoms with Gasteiger partial charge in [0.05, 0.1) is 5.02 Å². The Hall–Kier alpha value is -1.81. The molecule has 0 bridgehead atoms. The summed E-state index contributed by atoms with van der Waals surface area (Å²) in [5.41, 5.74) is 0.420. The van der Waals surface area contributed by atoms with Gasteiger partial charge in [-0.25, -0.2) is 4.79 Å². The zero-order valence-electron chi connectivity index (χ0n) is 9.95. The number of hydrogen-bond donors (Lipinski definition) is 0. The normalized spacial score (nSPS) is 10.6. The number of hydrogen-bond acceptors (Lipinski definition) is 4. The van der Waals surface area contributed by atoms with E-state index in [4.69, 9.17) is 20.8 Å². The predicted octanol–water partition coefficient (Wildman–Crippen LogP) is 3.07. The summed E-state index contributed by atoms with van der Waals surface area (Å²) in [7, 11) is 0. The second kappa shape index (κ2) is 4.82. The van der Waals surface area contributed by atoms with Gasteiger partial charge in [-0.05, 0) is 19.1 Å². The second-order valence-corrected chi connectivity index (χ2v) is 4.27. The minimum absolute atomic E-state index is 0.197. The number of ether oxygens (including phenoxy) is 1. The molecular weight excluding hydrogens is 256 g/mol. The van der Waals surface area contributed by atoms with Crippen molar-refractivity contribution < 1.29 is 13.9 Å². The van der Waals surface area contributed by atoms with E-state index in [1.54, 1.807) is 26.0 Å². The Morgan fingerprint density at radius 2 is 2.11 bits per heavy atom. The molecule has 0 N–H and O–H groups in total. The van der Waals surface area contributed by atoms with Crippen molar-refractivity contribution in [3.05, 3.63) is 39.2 Å². The van der Waals surface area contributed by atoms with Crippen LogP contribution in [-0.4, -0.2) is 5.97 Å². The van der Waals surface area contributed by atoms with Crippen molar-refractivity contribution in [2.75, 3.05) is 0 Å². The first-order chi connectivity index (χ1) is 8.51. The van der Waals surface area contributed by atoms with E-state index in [1.165, 1.54) is 6.07 Å². The molecule has 1 aromatic carbocycles. The summed E-state index contributed by atoms with van der Waals surface area (Å²) in [6, 6.07) is 4.73. The van der Waals surface area contributed by atoms with Gasteiger partial charge in [-0.2, -0.15) is 0 Å². The van der Waals surface area contributed by atoms with Gasteiger partial charge in [0.25, 0.3) is 0 Å². The molecule has 0 fully saturated rings. The van der Waals surface area contributed by atoms with E-state index in [-0.39, 0.29) is 12.2 Å². The van der Waals surface area contributed by atoms with E-state index in [9.17, 15) is 9.59 Å². The highest BCUT2D eigenvalue weighted by atomic mass is 35.5. The Morgan fingerprint density at radius 1 is 1.39 bits per heavy atom. The first kappa shape index (κ1) is 12.6. The van der Waals surface area contributed by atoms with Crippen LogP contribution in [0, 0.1) is 6.92 Å². The Morgan fingerprint density at radius 3 is 2.78 bits per heavy atom. The molecule has 0 saturated heterocycles. The van der Waals surface area contributed by atoms with E-state index in [0.29, 0.717) is 21.6 Å². The van der Waals surface area contributed by atoms with Crippen LogP contribution in [0.3, 0.4) is 0 Å². The average molecular weight is 267 g/mol. The van der Waals surface area contributed by atoms with E-state index >= 15 is 0 Å². The molecular formula is C13H11ClO4. The molecule has 0 aliphatic rings. The summed E-state index contributed by atoms with van der Waals surface area (Å²) >= 11 is 6.00. The maximum Gasteiger partial charge on any atom is 0.339 e. The van der Waals surface area contributed by atoms with Crippen LogP contribution >= 0.6 is 11.6 Å². The molecule has 0 spiro atoms. The van der Waals surface area contributed by atoms with Crippen LogP contribution in [0.2, 0.25) is 5.02 Å². The Bertz CT molecular complexity index is 672. The van der Waals surface area contributed by atoms with Gasteiger partial charge >= 0.3 is 11.6 Å². The van der Waals surface area contributed by atoms with Gasteiger partial charge in [0.2, 0.25) is 0 Å². The first-order valence-corrected chi connectivity index (χ1v) is 5.83. The third-order valence-corrected chi connectivity index (χ3v) is 2.77. The van der Waals surface area contributed by atoms with E-state index in [0.717, 1.165) is 0 Å². The van der Waals surface area contributed by atoms with Gasteiger partial charge in [-0.15, -0.1) is 0 Å². The molecule has 2 aromatic rings. The molecule has 94 valence electrons. The predicted molar refractivity (Wildman–Crippen MR) is 68.2 cm³/mol. The second-order valence-electron chi connectivity index (χ2n) is 3.86. The molecule has 0 radical (unpaired) electrons. The SMILES string of the molecule is CCC(=O)Oc1cc2oc(=O)c(C)cc2cc1Cl. The van der Waals surface area contributed by atoms with Crippen LogP contribution in [0.5, 0.6) is 5.75 Å². The Labute approximate surface area is 108 Å². The zero-order valence-corrected chi connectivity index (χ0v) is 10.7. The number of carbonyl (C=O) groups excluding carboxylic acids is 1. The molecule has 0 unspecified atom stereocenters. The maximum absolute atomic E-state index is 11.4. The van der Waals surface area contributed by atoms with Gasteiger partial charge in [0, 0.05) is 23.4 Å². The first-order valence-electron chi connectivity index (χ1n) is 5.46. The summed E-state index contributed by atoms with van der Waals surface area (Å²) in [5, 5.41) is 0.992. The number of fused-ring (bicyclic) bond motifs is 1. The van der Waals surface area contributed by atoms with E-state index in [1.807, 2.05) is 0 Å². The fourth-order valence-electron chi connectivity index (χ4n) is 1.50. The van der Waals surface area contributed by atoms with Crippen LogP contribution in [0.1, 0.15) is 18.9 Å². The van der Waals surface area contributed by atoms with E-state index in [2.05, 4.69) is 0 Å². The average Bonchev–Trinajstić information content (AvgIpc) is 2.32. The lowest BCUT2D eigenvalue weighted by molar-refractivity contribution is -0.134. The molecule has 18 heavy (non-hydrogen) atoms. The van der Waals surface area contributed by atoms with Crippen LogP contribution in [0.25, 0.3) is 11.0 Å². The molecule has 0 atom stereocenters. The maximum atomic E-state index is 11.4. The standard InChI is InChI=1S/C13H11ClO4/c1-3-12(15)17-11-6-10-8(5-9(11)14)4-7(2)13(16)18-10/h4-6H,3H2,1-2H3. The molecule has 1 heterocycles. The molecule has 0 aliphatic carbocycles. The monoisotopic (exact) mass is 266 g/mol. The van der Waals surface area contributed by atoms with Gasteiger partial charge in [-0.3, -0.25) is 4.79 Å². The van der Waals surface area contributed by atoms with Crippen molar-refractivity contribution in [3.8, 4) is 5.75 Å². The van der Waals surface area contributed by atoms with Crippen molar-refractivity contribution in [1.29, 1.82) is 0 Å². The highest BCUT2D eigenvalue weighted by molar-refractivity contribution is 6.32. The summed E-state index contributed by atoms with van der Waals surface area (Å²) < 4.78 is 10.1. The van der Waals surface area contributed by atoms with Crippen molar-refractivity contribution in [2.24, 2.45) is 0 Å². The van der Waals surface area contributed by atoms with Crippen molar-refractivity contribution in [2.45, 2.75) is 20.3 Å². The van der Waals surface area contributed by atoms with Gasteiger partial charge in [0.1, 0.15) is 5.58 Å². The molecule has 0 amide bonds. The number of rotatable bonds is 2. The topological polar surface area (TPSA) is 56.5 Å². The number of halogens is 1. The van der Waals surface area contributed by atoms with Crippen LogP contribution in [-0.2, 0) is 4.79 Å². The van der Waals surface area contributed by atoms with Crippen molar-refractivity contribution in [3.63, 3.8) is 0 Å². The molecule has 0 saturated carbocycles. The molecule has 2 rings (SSSR count). The molecule has 4 nitrogen and oxygen atoms in total. The van der Waals surface area contributed by atoms with Crippen LogP contribution in [0.15, 0.2) is 27.4 Å². The Kier molecular flexibility index (Phi) is 3.39. The molecule has 0 aliphatic heterocycles. The van der Waals surface area contributed by atoms with Gasteiger partial charge in [0.15, 0.2) is 5.75 Å². The largest absolute Gasteiger partial charge is 0.425 e. The highest BCUT2D eigenvalue weighted by Gasteiger charge is 2.10. The quantitative estimate of drug-likeness (QED) is 0.476. The lowest BCUT2D eigenvalue weighted by Crippen LogP contribution is -2.06. The minimum Gasteiger partial charge on any atom is -0.425 e. The fourth-order valence-corrected chi connectivity index (χ4v) is 1.71. The van der Waals surface area contributed by atoms with Crippen molar-refractivity contribution in [1.82, 2.24) is 0 Å². The fraction of sp³-hybridized carbons (Fsp3) is 0.231. The Balaban J connectivity index is 2.57. The lowest BCUT2D eigenvalue weighted by Gasteiger charge is -2.06. The third-order valence-electron chi connectivity index (χ3n) is 2.47. The highest BCUT2D eigenvalue weighted by Crippen LogP contribution is 2.30. The smallest absolute Gasteiger partial charge is 0.339 e. The van der Waals surface area contributed by atoms with E-state index < -0.39 is 11.6 Å². The number of carbonyl (C=O) groups is 1. The number of aryl methyl sites for hydroxylation is 1. The van der Waals surface area contributed by atoms with Gasteiger partial charge in [-0.1, -0.05) is 18.5 Å². The number of esters is 1. The summed E-state index contributed by atoms with van der Waals surface area (Å²) in [6.45, 7) is 3.34. The van der Waals surface area contributed by atoms with Crippen LogP contribution < -0.4 is 10.4 Å². The summed E-state index contributed by atoms with van der Waals surface area (Å²) in [6.07, 6.45) is 0.242. The third kappa shape index (κ3) is 2.38. The summed E-state index contributed by atoms with van der Waals surface area (Å²) in [4.78, 5) is 22.6. The lowest BCUT2D eigenvalue weighted by atomic mass is 10.2. The zero-order chi connectivity index (χ0) is 13.3. The minimum atomic E-state index is -0.419. The van der Waals surface area contributed by atoms with Crippen molar-refractivity contribution >= 4 is 28.5 Å².